The van der Waals surface area contributed by atoms with Gasteiger partial charge in [-0.25, -0.2) is 8.78 Å². The summed E-state index contributed by atoms with van der Waals surface area (Å²) < 4.78 is 27.2. The van der Waals surface area contributed by atoms with Crippen molar-refractivity contribution < 1.29 is 8.78 Å². The first kappa shape index (κ1) is 11.2. The van der Waals surface area contributed by atoms with Crippen molar-refractivity contribution >= 4 is 5.69 Å². The fraction of sp³-hybridized carbons (Fsp3) is 0.308. The lowest BCUT2D eigenvalue weighted by Gasteiger charge is -2.00. The zero-order chi connectivity index (χ0) is 12.8. The van der Waals surface area contributed by atoms with E-state index in [-0.39, 0.29) is 13.0 Å². The van der Waals surface area contributed by atoms with Gasteiger partial charge in [-0.2, -0.15) is 5.10 Å². The van der Waals surface area contributed by atoms with Crippen LogP contribution in [0.5, 0.6) is 0 Å². The van der Waals surface area contributed by atoms with E-state index in [2.05, 4.69) is 5.10 Å². The van der Waals surface area contributed by atoms with E-state index >= 15 is 0 Å². The zero-order valence-corrected chi connectivity index (χ0v) is 9.68. The number of nitrogens with zero attached hydrogens (tertiary/aromatic N) is 2. The maximum Gasteiger partial charge on any atom is 0.253 e. The Morgan fingerprint density at radius 2 is 1.94 bits per heavy atom. The van der Waals surface area contributed by atoms with Gasteiger partial charge in [-0.1, -0.05) is 12.1 Å². The molecule has 3 nitrogen and oxygen atoms in total. The Bertz CT molecular complexity index is 560. The quantitative estimate of drug-likeness (QED) is 0.850. The topological polar surface area (TPSA) is 43.8 Å². The first-order valence-electron chi connectivity index (χ1n) is 5.81. The minimum atomic E-state index is -2.49. The van der Waals surface area contributed by atoms with Crippen molar-refractivity contribution in [1.82, 2.24) is 9.78 Å². The molecule has 3 rings (SSSR count). The van der Waals surface area contributed by atoms with Crippen molar-refractivity contribution in [3.05, 3.63) is 36.7 Å². The Balaban J connectivity index is 1.75. The summed E-state index contributed by atoms with van der Waals surface area (Å²) in [6.07, 6.45) is 3.45. The Morgan fingerprint density at radius 1 is 1.28 bits per heavy atom. The fourth-order valence-corrected chi connectivity index (χ4v) is 1.98. The highest BCUT2D eigenvalue weighted by atomic mass is 19.3. The van der Waals surface area contributed by atoms with Crippen LogP contribution in [0.1, 0.15) is 6.42 Å². The van der Waals surface area contributed by atoms with Gasteiger partial charge in [-0.15, -0.1) is 0 Å². The molecule has 0 aliphatic heterocycles. The van der Waals surface area contributed by atoms with Crippen LogP contribution < -0.4 is 5.73 Å². The smallest absolute Gasteiger partial charge is 0.253 e. The summed E-state index contributed by atoms with van der Waals surface area (Å²) in [7, 11) is 0. The number of aromatic nitrogens is 2. The van der Waals surface area contributed by atoms with Crippen LogP contribution in [-0.2, 0) is 6.54 Å². The molecule has 2 N–H and O–H groups in total. The molecule has 94 valence electrons. The fourth-order valence-electron chi connectivity index (χ4n) is 1.98. The largest absolute Gasteiger partial charge is 0.399 e. The van der Waals surface area contributed by atoms with E-state index < -0.39 is 11.8 Å². The van der Waals surface area contributed by atoms with Crippen LogP contribution in [-0.4, -0.2) is 15.7 Å². The summed E-state index contributed by atoms with van der Waals surface area (Å²) >= 11 is 0. The minimum absolute atomic E-state index is 0.0237. The Labute approximate surface area is 103 Å². The number of alkyl halides is 2. The summed E-state index contributed by atoms with van der Waals surface area (Å²) in [4.78, 5) is 0. The van der Waals surface area contributed by atoms with E-state index in [1.54, 1.807) is 17.1 Å². The van der Waals surface area contributed by atoms with Gasteiger partial charge in [-0.3, -0.25) is 4.68 Å². The highest BCUT2D eigenvalue weighted by molar-refractivity contribution is 5.63. The van der Waals surface area contributed by atoms with Gasteiger partial charge in [-0.05, 0) is 17.7 Å². The van der Waals surface area contributed by atoms with Crippen molar-refractivity contribution in [1.29, 1.82) is 0 Å². The molecule has 0 spiro atoms. The van der Waals surface area contributed by atoms with Gasteiger partial charge in [0.05, 0.1) is 6.20 Å². The van der Waals surface area contributed by atoms with Gasteiger partial charge >= 0.3 is 0 Å². The van der Waals surface area contributed by atoms with Crippen molar-refractivity contribution in [3.63, 3.8) is 0 Å². The SMILES string of the molecule is Nc1ccc(-c2cnn(CC3CC3(F)F)c2)cc1. The Hall–Kier alpha value is -1.91. The number of nitrogen functional groups attached to an aromatic ring is 1. The number of nitrogens with two attached hydrogens (primary N) is 1. The second-order valence-electron chi connectivity index (χ2n) is 4.74. The van der Waals surface area contributed by atoms with Gasteiger partial charge in [0.2, 0.25) is 0 Å². The molecule has 0 radical (unpaired) electrons. The molecular formula is C13H13F2N3. The molecule has 1 saturated carbocycles. The summed E-state index contributed by atoms with van der Waals surface area (Å²) in [5, 5.41) is 4.11. The molecule has 0 amide bonds. The van der Waals surface area contributed by atoms with Crippen LogP contribution in [0, 0.1) is 5.92 Å². The maximum atomic E-state index is 12.8. The molecule has 2 aromatic rings. The standard InChI is InChI=1S/C13H13F2N3/c14-13(15)5-11(13)8-18-7-10(6-17-18)9-1-3-12(16)4-2-9/h1-4,6-7,11H,5,8,16H2. The monoisotopic (exact) mass is 249 g/mol. The third-order valence-corrected chi connectivity index (χ3v) is 3.24. The van der Waals surface area contributed by atoms with Gasteiger partial charge in [0.1, 0.15) is 0 Å². The molecule has 1 aliphatic rings. The molecule has 5 heteroatoms. The zero-order valence-electron chi connectivity index (χ0n) is 9.68. The van der Waals surface area contributed by atoms with Crippen LogP contribution in [0.15, 0.2) is 36.7 Å². The minimum Gasteiger partial charge on any atom is -0.399 e. The normalized spacial score (nSPS) is 20.9. The van der Waals surface area contributed by atoms with E-state index in [0.29, 0.717) is 5.69 Å². The lowest BCUT2D eigenvalue weighted by molar-refractivity contribution is 0.0942. The lowest BCUT2D eigenvalue weighted by Crippen LogP contribution is -2.05. The summed E-state index contributed by atoms with van der Waals surface area (Å²) in [5.74, 6) is -3.05. The average molecular weight is 249 g/mol. The maximum absolute atomic E-state index is 12.8. The molecule has 1 atom stereocenters. The van der Waals surface area contributed by atoms with Crippen LogP contribution in [0.4, 0.5) is 14.5 Å². The van der Waals surface area contributed by atoms with Gasteiger partial charge in [0, 0.05) is 36.3 Å². The van der Waals surface area contributed by atoms with E-state index in [1.807, 2.05) is 24.3 Å². The van der Waals surface area contributed by atoms with Crippen LogP contribution in [0.2, 0.25) is 0 Å². The molecule has 1 aromatic heterocycles. The molecular weight excluding hydrogens is 236 g/mol. The van der Waals surface area contributed by atoms with Crippen molar-refractivity contribution in [2.45, 2.75) is 18.9 Å². The Morgan fingerprint density at radius 3 is 2.56 bits per heavy atom. The molecule has 1 aliphatic carbocycles. The van der Waals surface area contributed by atoms with E-state index in [0.717, 1.165) is 11.1 Å². The third kappa shape index (κ3) is 2.08. The average Bonchev–Trinajstić information content (AvgIpc) is 2.75. The van der Waals surface area contributed by atoms with Gasteiger partial charge < -0.3 is 5.73 Å². The molecule has 1 heterocycles. The van der Waals surface area contributed by atoms with Crippen LogP contribution >= 0.6 is 0 Å². The summed E-state index contributed by atoms with van der Waals surface area (Å²) in [6.45, 7) is 0.280. The lowest BCUT2D eigenvalue weighted by atomic mass is 10.1. The van der Waals surface area contributed by atoms with Gasteiger partial charge in [0.25, 0.3) is 5.92 Å². The number of rotatable bonds is 3. The van der Waals surface area contributed by atoms with Crippen LogP contribution in [0.3, 0.4) is 0 Å². The number of hydrogen-bond donors (Lipinski definition) is 1. The summed E-state index contributed by atoms with van der Waals surface area (Å²) in [6, 6.07) is 7.40. The number of anilines is 1. The number of hydrogen-bond acceptors (Lipinski definition) is 2. The highest BCUT2D eigenvalue weighted by Crippen LogP contribution is 2.49. The summed E-state index contributed by atoms with van der Waals surface area (Å²) in [5.41, 5.74) is 8.21. The molecule has 1 unspecified atom stereocenters. The number of benzene rings is 1. The van der Waals surface area contributed by atoms with Crippen molar-refractivity contribution in [2.24, 2.45) is 5.92 Å². The second kappa shape index (κ2) is 3.80. The van der Waals surface area contributed by atoms with Crippen LogP contribution in [0.25, 0.3) is 11.1 Å². The number of halogens is 2. The third-order valence-electron chi connectivity index (χ3n) is 3.24. The first-order chi connectivity index (χ1) is 8.54. The first-order valence-corrected chi connectivity index (χ1v) is 5.81. The second-order valence-corrected chi connectivity index (χ2v) is 4.74. The predicted molar refractivity (Wildman–Crippen MR) is 65.1 cm³/mol. The van der Waals surface area contributed by atoms with E-state index in [9.17, 15) is 8.78 Å². The molecule has 1 aromatic carbocycles. The molecule has 18 heavy (non-hydrogen) atoms. The molecule has 0 bridgehead atoms. The predicted octanol–water partition coefficient (Wildman–Crippen LogP) is 2.79. The van der Waals surface area contributed by atoms with Gasteiger partial charge in [0.15, 0.2) is 0 Å². The van der Waals surface area contributed by atoms with E-state index in [4.69, 9.17) is 5.73 Å². The van der Waals surface area contributed by atoms with Crippen molar-refractivity contribution in [3.8, 4) is 11.1 Å². The molecule has 0 saturated heterocycles. The highest BCUT2D eigenvalue weighted by Gasteiger charge is 2.56. The Kier molecular flexibility index (Phi) is 2.36. The molecule has 1 fully saturated rings. The van der Waals surface area contributed by atoms with Crippen molar-refractivity contribution in [2.75, 3.05) is 5.73 Å². The van der Waals surface area contributed by atoms with E-state index in [1.165, 1.54) is 0 Å².